The third-order valence-corrected chi connectivity index (χ3v) is 3.16. The molecule has 0 aliphatic rings. The van der Waals surface area contributed by atoms with E-state index in [0.29, 0.717) is 18.7 Å². The summed E-state index contributed by atoms with van der Waals surface area (Å²) in [7, 11) is 1.73. The molecule has 0 amide bonds. The predicted molar refractivity (Wildman–Crippen MR) is 71.6 cm³/mol. The van der Waals surface area contributed by atoms with Crippen LogP contribution in [0, 0.1) is 0 Å². The van der Waals surface area contributed by atoms with Crippen molar-refractivity contribution < 1.29 is 23.4 Å². The fourth-order valence-corrected chi connectivity index (χ4v) is 1.97. The normalized spacial score (nSPS) is 11.7. The van der Waals surface area contributed by atoms with Gasteiger partial charge in [-0.1, -0.05) is 6.07 Å². The van der Waals surface area contributed by atoms with Crippen LogP contribution in [0.15, 0.2) is 18.2 Å². The number of benzene rings is 1. The number of hydrogen-bond acceptors (Lipinski definition) is 3. The van der Waals surface area contributed by atoms with Crippen LogP contribution in [0.3, 0.4) is 0 Å². The summed E-state index contributed by atoms with van der Waals surface area (Å²) in [6.45, 7) is 0.123. The Balaban J connectivity index is 2.80. The highest BCUT2D eigenvalue weighted by Gasteiger charge is 2.33. The van der Waals surface area contributed by atoms with Crippen molar-refractivity contribution >= 4 is 5.69 Å². The van der Waals surface area contributed by atoms with Crippen molar-refractivity contribution in [1.82, 2.24) is 0 Å². The topological polar surface area (TPSA) is 43.7 Å². The lowest BCUT2D eigenvalue weighted by Gasteiger charge is -2.21. The standard InChI is InChI=1S/C14H20F3NO2/c1-18(7-3-2-4-8-19)12-6-5-11(10-20)13(9-12)14(15,16)17/h5-6,9,19-20H,2-4,7-8,10H2,1H3. The van der Waals surface area contributed by atoms with Gasteiger partial charge < -0.3 is 15.1 Å². The Morgan fingerprint density at radius 2 is 1.80 bits per heavy atom. The fraction of sp³-hybridized carbons (Fsp3) is 0.571. The van der Waals surface area contributed by atoms with E-state index in [4.69, 9.17) is 10.2 Å². The molecule has 0 saturated heterocycles. The van der Waals surface area contributed by atoms with E-state index in [2.05, 4.69) is 0 Å². The minimum Gasteiger partial charge on any atom is -0.396 e. The Labute approximate surface area is 116 Å². The summed E-state index contributed by atoms with van der Waals surface area (Å²) in [5.74, 6) is 0. The van der Waals surface area contributed by atoms with E-state index in [-0.39, 0.29) is 12.2 Å². The smallest absolute Gasteiger partial charge is 0.396 e. The van der Waals surface area contributed by atoms with Gasteiger partial charge in [0.25, 0.3) is 0 Å². The second kappa shape index (κ2) is 7.50. The first-order valence-electron chi connectivity index (χ1n) is 6.53. The molecule has 0 aliphatic carbocycles. The second-order valence-corrected chi connectivity index (χ2v) is 4.70. The number of nitrogens with zero attached hydrogens (tertiary/aromatic N) is 1. The number of anilines is 1. The zero-order valence-corrected chi connectivity index (χ0v) is 11.5. The Hall–Kier alpha value is -1.27. The molecule has 0 aromatic heterocycles. The van der Waals surface area contributed by atoms with Crippen LogP contribution >= 0.6 is 0 Å². The average Bonchev–Trinajstić information content (AvgIpc) is 2.41. The zero-order valence-electron chi connectivity index (χ0n) is 11.5. The van der Waals surface area contributed by atoms with E-state index in [1.807, 2.05) is 0 Å². The van der Waals surface area contributed by atoms with Crippen LogP contribution in [0.4, 0.5) is 18.9 Å². The van der Waals surface area contributed by atoms with Crippen molar-refractivity contribution in [1.29, 1.82) is 0 Å². The van der Waals surface area contributed by atoms with Crippen LogP contribution in [0.2, 0.25) is 0 Å². The summed E-state index contributed by atoms with van der Waals surface area (Å²) < 4.78 is 38.6. The first-order chi connectivity index (χ1) is 9.40. The number of aliphatic hydroxyl groups is 2. The van der Waals surface area contributed by atoms with Crippen LogP contribution in [0.1, 0.15) is 30.4 Å². The molecule has 0 spiro atoms. The van der Waals surface area contributed by atoms with Crippen LogP contribution in [-0.2, 0) is 12.8 Å². The van der Waals surface area contributed by atoms with Crippen LogP contribution in [0.5, 0.6) is 0 Å². The monoisotopic (exact) mass is 291 g/mol. The maximum absolute atomic E-state index is 12.9. The molecular formula is C14H20F3NO2. The molecule has 1 aromatic rings. The molecule has 0 saturated carbocycles. The third kappa shape index (κ3) is 4.68. The quantitative estimate of drug-likeness (QED) is 0.759. The van der Waals surface area contributed by atoms with Crippen molar-refractivity contribution in [3.63, 3.8) is 0 Å². The van der Waals surface area contributed by atoms with Gasteiger partial charge in [-0.15, -0.1) is 0 Å². The van der Waals surface area contributed by atoms with Crippen LogP contribution < -0.4 is 4.90 Å². The van der Waals surface area contributed by atoms with Gasteiger partial charge in [0, 0.05) is 25.9 Å². The number of rotatable bonds is 7. The number of unbranched alkanes of at least 4 members (excludes halogenated alkanes) is 2. The van der Waals surface area contributed by atoms with Gasteiger partial charge >= 0.3 is 6.18 Å². The molecule has 6 heteroatoms. The fourth-order valence-electron chi connectivity index (χ4n) is 1.97. The molecule has 1 rings (SSSR count). The Morgan fingerprint density at radius 1 is 1.10 bits per heavy atom. The predicted octanol–water partition coefficient (Wildman–Crippen LogP) is 2.80. The van der Waals surface area contributed by atoms with Gasteiger partial charge in [0.2, 0.25) is 0 Å². The number of alkyl halides is 3. The lowest BCUT2D eigenvalue weighted by molar-refractivity contribution is -0.138. The van der Waals surface area contributed by atoms with E-state index < -0.39 is 18.3 Å². The zero-order chi connectivity index (χ0) is 15.2. The van der Waals surface area contributed by atoms with Crippen molar-refractivity contribution in [3.05, 3.63) is 29.3 Å². The molecule has 0 unspecified atom stereocenters. The summed E-state index contributed by atoms with van der Waals surface area (Å²) in [5.41, 5.74) is -0.437. The Bertz CT molecular complexity index is 421. The Kier molecular flexibility index (Phi) is 6.29. The third-order valence-electron chi connectivity index (χ3n) is 3.16. The molecule has 0 bridgehead atoms. The molecule has 0 aliphatic heterocycles. The largest absolute Gasteiger partial charge is 0.416 e. The Morgan fingerprint density at radius 3 is 2.35 bits per heavy atom. The van der Waals surface area contributed by atoms with Gasteiger partial charge in [-0.25, -0.2) is 0 Å². The molecule has 3 nitrogen and oxygen atoms in total. The highest BCUT2D eigenvalue weighted by atomic mass is 19.4. The van der Waals surface area contributed by atoms with Crippen LogP contribution in [-0.4, -0.2) is 30.4 Å². The summed E-state index contributed by atoms with van der Waals surface area (Å²) in [6.07, 6.45) is -2.13. The second-order valence-electron chi connectivity index (χ2n) is 4.70. The minimum atomic E-state index is -4.47. The first kappa shape index (κ1) is 16.8. The molecule has 114 valence electrons. The van der Waals surface area contributed by atoms with Gasteiger partial charge in [-0.05, 0) is 37.0 Å². The number of aliphatic hydroxyl groups excluding tert-OH is 2. The highest BCUT2D eigenvalue weighted by molar-refractivity contribution is 5.51. The maximum atomic E-state index is 12.9. The molecule has 0 atom stereocenters. The summed E-state index contributed by atoms with van der Waals surface area (Å²) in [6, 6.07) is 3.95. The lowest BCUT2D eigenvalue weighted by atomic mass is 10.1. The van der Waals surface area contributed by atoms with Gasteiger partial charge in [-0.2, -0.15) is 13.2 Å². The molecule has 20 heavy (non-hydrogen) atoms. The molecule has 1 aromatic carbocycles. The van der Waals surface area contributed by atoms with Crippen molar-refractivity contribution in [2.45, 2.75) is 32.0 Å². The summed E-state index contributed by atoms with van der Waals surface area (Å²) >= 11 is 0. The van der Waals surface area contributed by atoms with E-state index >= 15 is 0 Å². The molecule has 0 radical (unpaired) electrons. The van der Waals surface area contributed by atoms with Crippen molar-refractivity contribution in [2.75, 3.05) is 25.1 Å². The average molecular weight is 291 g/mol. The van der Waals surface area contributed by atoms with Gasteiger partial charge in [0.1, 0.15) is 0 Å². The highest BCUT2D eigenvalue weighted by Crippen LogP contribution is 2.34. The van der Waals surface area contributed by atoms with E-state index in [1.54, 1.807) is 18.0 Å². The molecule has 2 N–H and O–H groups in total. The van der Waals surface area contributed by atoms with Crippen LogP contribution in [0.25, 0.3) is 0 Å². The number of halogens is 3. The van der Waals surface area contributed by atoms with Gasteiger partial charge in [0.15, 0.2) is 0 Å². The minimum absolute atomic E-state index is 0.116. The summed E-state index contributed by atoms with van der Waals surface area (Å²) in [5, 5.41) is 17.6. The number of hydrogen-bond donors (Lipinski definition) is 2. The lowest BCUT2D eigenvalue weighted by Crippen LogP contribution is -2.20. The first-order valence-corrected chi connectivity index (χ1v) is 6.53. The van der Waals surface area contributed by atoms with Crippen molar-refractivity contribution in [2.24, 2.45) is 0 Å². The molecule has 0 heterocycles. The van der Waals surface area contributed by atoms with Crippen molar-refractivity contribution in [3.8, 4) is 0 Å². The van der Waals surface area contributed by atoms with E-state index in [0.717, 1.165) is 18.9 Å². The molecular weight excluding hydrogens is 271 g/mol. The van der Waals surface area contributed by atoms with E-state index in [1.165, 1.54) is 6.07 Å². The summed E-state index contributed by atoms with van der Waals surface area (Å²) in [4.78, 5) is 1.74. The van der Waals surface area contributed by atoms with E-state index in [9.17, 15) is 13.2 Å². The van der Waals surface area contributed by atoms with Gasteiger partial charge in [-0.3, -0.25) is 0 Å². The SMILES string of the molecule is CN(CCCCCO)c1ccc(CO)c(C(F)(F)F)c1. The van der Waals surface area contributed by atoms with Gasteiger partial charge in [0.05, 0.1) is 12.2 Å². The molecule has 0 fully saturated rings. The maximum Gasteiger partial charge on any atom is 0.416 e.